The van der Waals surface area contributed by atoms with Crippen molar-refractivity contribution in [2.75, 3.05) is 23.7 Å². The van der Waals surface area contributed by atoms with Crippen LogP contribution in [0.25, 0.3) is 0 Å². The number of thioether (sulfide) groups is 1. The molecule has 0 saturated carbocycles. The SMILES string of the molecule is O=C1CSc2ccc(S(=O)(=O)N3CCCCCC3)cc2N1Cc1cccc(F)c1. The maximum atomic E-state index is 13.6. The second-order valence-corrected chi connectivity index (χ2v) is 10.3. The third kappa shape index (κ3) is 4.34. The van der Waals surface area contributed by atoms with E-state index in [-0.39, 0.29) is 28.9 Å². The van der Waals surface area contributed by atoms with Gasteiger partial charge < -0.3 is 4.90 Å². The number of rotatable bonds is 4. The van der Waals surface area contributed by atoms with Crippen molar-refractivity contribution < 1.29 is 17.6 Å². The summed E-state index contributed by atoms with van der Waals surface area (Å²) in [5.41, 5.74) is 1.24. The third-order valence-corrected chi connectivity index (χ3v) is 8.25. The first-order chi connectivity index (χ1) is 13.9. The first-order valence-electron chi connectivity index (χ1n) is 9.77. The van der Waals surface area contributed by atoms with Crippen LogP contribution in [0.5, 0.6) is 0 Å². The van der Waals surface area contributed by atoms with Crippen molar-refractivity contribution in [2.24, 2.45) is 0 Å². The molecular weight excluding hydrogens is 411 g/mol. The van der Waals surface area contributed by atoms with Gasteiger partial charge in [0.1, 0.15) is 5.82 Å². The number of benzene rings is 2. The number of halogens is 1. The summed E-state index contributed by atoms with van der Waals surface area (Å²) in [6.07, 6.45) is 3.82. The van der Waals surface area contributed by atoms with Crippen LogP contribution in [0.4, 0.5) is 10.1 Å². The van der Waals surface area contributed by atoms with E-state index in [4.69, 9.17) is 0 Å². The number of amides is 1. The topological polar surface area (TPSA) is 57.7 Å². The standard InChI is InChI=1S/C21H23FN2O3S2/c22-17-7-5-6-16(12-17)14-24-19-13-18(8-9-20(19)28-15-21(24)25)29(26,27)23-10-3-1-2-4-11-23/h5-9,12-13H,1-4,10-11,14-15H2. The van der Waals surface area contributed by atoms with Crippen molar-refractivity contribution in [3.8, 4) is 0 Å². The first kappa shape index (κ1) is 20.4. The van der Waals surface area contributed by atoms with E-state index in [9.17, 15) is 17.6 Å². The van der Waals surface area contributed by atoms with Gasteiger partial charge in [0.05, 0.1) is 22.9 Å². The largest absolute Gasteiger partial charge is 0.306 e. The number of sulfonamides is 1. The lowest BCUT2D eigenvalue weighted by Gasteiger charge is -2.30. The highest BCUT2D eigenvalue weighted by Crippen LogP contribution is 2.38. The van der Waals surface area contributed by atoms with Crippen LogP contribution in [0.1, 0.15) is 31.2 Å². The molecule has 2 heterocycles. The molecule has 0 aliphatic carbocycles. The average Bonchev–Trinajstić information content (AvgIpc) is 3.00. The number of nitrogens with zero attached hydrogens (tertiary/aromatic N) is 2. The summed E-state index contributed by atoms with van der Waals surface area (Å²) in [5, 5.41) is 0. The monoisotopic (exact) mass is 434 g/mol. The van der Waals surface area contributed by atoms with E-state index in [2.05, 4.69) is 0 Å². The van der Waals surface area contributed by atoms with Gasteiger partial charge in [-0.3, -0.25) is 4.79 Å². The first-order valence-corrected chi connectivity index (χ1v) is 12.2. The molecule has 0 unspecified atom stereocenters. The van der Waals surface area contributed by atoms with Gasteiger partial charge in [-0.1, -0.05) is 25.0 Å². The normalized spacial score (nSPS) is 18.4. The Bertz CT molecular complexity index is 1020. The van der Waals surface area contributed by atoms with Crippen molar-refractivity contribution >= 4 is 33.4 Å². The van der Waals surface area contributed by atoms with E-state index in [1.165, 1.54) is 23.9 Å². The Balaban J connectivity index is 1.68. The fourth-order valence-corrected chi connectivity index (χ4v) is 6.22. The van der Waals surface area contributed by atoms with Gasteiger partial charge in [-0.05, 0) is 48.7 Å². The van der Waals surface area contributed by atoms with Crippen LogP contribution < -0.4 is 4.90 Å². The Morgan fingerprint density at radius 2 is 1.76 bits per heavy atom. The molecule has 8 heteroatoms. The number of anilines is 1. The summed E-state index contributed by atoms with van der Waals surface area (Å²) < 4.78 is 41.5. The molecule has 2 aliphatic heterocycles. The molecule has 4 rings (SSSR count). The van der Waals surface area contributed by atoms with E-state index in [1.54, 1.807) is 39.5 Å². The quantitative estimate of drug-likeness (QED) is 0.729. The second kappa shape index (κ2) is 8.45. The van der Waals surface area contributed by atoms with E-state index in [0.29, 0.717) is 24.3 Å². The molecule has 2 aliphatic rings. The van der Waals surface area contributed by atoms with Crippen LogP contribution in [0.15, 0.2) is 52.3 Å². The molecule has 0 radical (unpaired) electrons. The minimum Gasteiger partial charge on any atom is -0.306 e. The van der Waals surface area contributed by atoms with Crippen molar-refractivity contribution in [1.29, 1.82) is 0 Å². The van der Waals surface area contributed by atoms with Gasteiger partial charge in [-0.25, -0.2) is 12.8 Å². The Kier molecular flexibility index (Phi) is 5.94. The van der Waals surface area contributed by atoms with E-state index >= 15 is 0 Å². The van der Waals surface area contributed by atoms with Crippen LogP contribution in [0.2, 0.25) is 0 Å². The summed E-state index contributed by atoms with van der Waals surface area (Å²) in [7, 11) is -3.61. The molecule has 1 amide bonds. The van der Waals surface area contributed by atoms with Crippen LogP contribution in [0, 0.1) is 5.82 Å². The molecule has 2 aromatic rings. The van der Waals surface area contributed by atoms with E-state index in [0.717, 1.165) is 30.6 Å². The summed E-state index contributed by atoms with van der Waals surface area (Å²) in [6, 6.07) is 11.1. The third-order valence-electron chi connectivity index (χ3n) is 5.31. The molecule has 1 saturated heterocycles. The van der Waals surface area contributed by atoms with Crippen LogP contribution in [-0.2, 0) is 21.4 Å². The molecule has 0 spiro atoms. The second-order valence-electron chi connectivity index (χ2n) is 7.35. The van der Waals surface area contributed by atoms with Gasteiger partial charge >= 0.3 is 0 Å². The average molecular weight is 435 g/mol. The van der Waals surface area contributed by atoms with Crippen LogP contribution in [0.3, 0.4) is 0 Å². The lowest BCUT2D eigenvalue weighted by Crippen LogP contribution is -2.35. The van der Waals surface area contributed by atoms with Crippen LogP contribution >= 0.6 is 11.8 Å². The van der Waals surface area contributed by atoms with Gasteiger partial charge in [-0.2, -0.15) is 4.31 Å². The highest BCUT2D eigenvalue weighted by atomic mass is 32.2. The molecule has 154 valence electrons. The Morgan fingerprint density at radius 1 is 1.00 bits per heavy atom. The predicted molar refractivity (Wildman–Crippen MR) is 112 cm³/mol. The molecule has 29 heavy (non-hydrogen) atoms. The molecule has 0 aromatic heterocycles. The molecule has 2 aromatic carbocycles. The number of fused-ring (bicyclic) bond motifs is 1. The lowest BCUT2D eigenvalue weighted by atomic mass is 10.2. The maximum Gasteiger partial charge on any atom is 0.243 e. The van der Waals surface area contributed by atoms with Gasteiger partial charge in [0.25, 0.3) is 0 Å². The fraction of sp³-hybridized carbons (Fsp3) is 0.381. The van der Waals surface area contributed by atoms with E-state index in [1.807, 2.05) is 0 Å². The summed E-state index contributed by atoms with van der Waals surface area (Å²) in [6.45, 7) is 1.26. The van der Waals surface area contributed by atoms with E-state index < -0.39 is 10.0 Å². The van der Waals surface area contributed by atoms with Gasteiger partial charge in [0.15, 0.2) is 0 Å². The van der Waals surface area contributed by atoms with Crippen LogP contribution in [-0.4, -0.2) is 37.5 Å². The molecule has 1 fully saturated rings. The van der Waals surface area contributed by atoms with Gasteiger partial charge in [0.2, 0.25) is 15.9 Å². The zero-order valence-corrected chi connectivity index (χ0v) is 17.6. The smallest absolute Gasteiger partial charge is 0.243 e. The van der Waals surface area contributed by atoms with Gasteiger partial charge in [-0.15, -0.1) is 11.8 Å². The predicted octanol–water partition coefficient (Wildman–Crippen LogP) is 4.03. The van der Waals surface area contributed by atoms with Crippen molar-refractivity contribution in [3.63, 3.8) is 0 Å². The summed E-state index contributed by atoms with van der Waals surface area (Å²) >= 11 is 1.40. The molecule has 0 bridgehead atoms. The Labute approximate surface area is 174 Å². The number of carbonyl (C=O) groups is 1. The number of hydrogen-bond acceptors (Lipinski definition) is 4. The molecular formula is C21H23FN2O3S2. The summed E-state index contributed by atoms with van der Waals surface area (Å²) in [4.78, 5) is 15.2. The lowest BCUT2D eigenvalue weighted by molar-refractivity contribution is -0.116. The van der Waals surface area contributed by atoms with Gasteiger partial charge in [0, 0.05) is 18.0 Å². The minimum atomic E-state index is -3.61. The number of carbonyl (C=O) groups excluding carboxylic acids is 1. The Hall–Kier alpha value is -1.90. The molecule has 5 nitrogen and oxygen atoms in total. The highest BCUT2D eigenvalue weighted by Gasteiger charge is 2.30. The zero-order valence-electron chi connectivity index (χ0n) is 16.0. The van der Waals surface area contributed by atoms with Crippen molar-refractivity contribution in [1.82, 2.24) is 4.31 Å². The minimum absolute atomic E-state index is 0.115. The molecule has 0 N–H and O–H groups in total. The van der Waals surface area contributed by atoms with Crippen molar-refractivity contribution in [3.05, 3.63) is 53.8 Å². The maximum absolute atomic E-state index is 13.6. The fourth-order valence-electron chi connectivity index (χ4n) is 3.76. The number of hydrogen-bond donors (Lipinski definition) is 0. The molecule has 0 atom stereocenters. The summed E-state index contributed by atoms with van der Waals surface area (Å²) in [5.74, 6) is -0.198. The Morgan fingerprint density at radius 3 is 2.48 bits per heavy atom. The van der Waals surface area contributed by atoms with Crippen molar-refractivity contribution in [2.45, 2.75) is 42.0 Å². The zero-order chi connectivity index (χ0) is 20.4. The highest BCUT2D eigenvalue weighted by molar-refractivity contribution is 8.00.